The second-order valence-electron chi connectivity index (χ2n) is 3.80. The van der Waals surface area contributed by atoms with Crippen molar-refractivity contribution in [2.24, 2.45) is 5.41 Å². The molecule has 0 bridgehead atoms. The Morgan fingerprint density at radius 1 is 1.50 bits per heavy atom. The molecule has 3 heteroatoms. The summed E-state index contributed by atoms with van der Waals surface area (Å²) in [5.41, 5.74) is -0.0344. The fourth-order valence-corrected chi connectivity index (χ4v) is 1.06. The summed E-state index contributed by atoms with van der Waals surface area (Å²) < 4.78 is 0. The summed E-state index contributed by atoms with van der Waals surface area (Å²) in [4.78, 5) is 10.5. The van der Waals surface area contributed by atoms with Gasteiger partial charge in [-0.15, -0.1) is 0 Å². The first-order valence-corrected chi connectivity index (χ1v) is 3.41. The van der Waals surface area contributed by atoms with Gasteiger partial charge in [0.25, 0.3) is 5.91 Å². The molecule has 2 atom stereocenters. The van der Waals surface area contributed by atoms with E-state index in [1.54, 1.807) is 0 Å². The van der Waals surface area contributed by atoms with Crippen molar-refractivity contribution in [3.8, 4) is 0 Å². The molecule has 1 fully saturated rings. The lowest BCUT2D eigenvalue weighted by Gasteiger charge is -2.41. The highest BCUT2D eigenvalue weighted by Gasteiger charge is 2.44. The van der Waals surface area contributed by atoms with Crippen LogP contribution in [0.2, 0.25) is 0 Å². The fraction of sp³-hybridized carbons (Fsp3) is 0.857. The average molecular weight is 143 g/mol. The molecule has 1 saturated heterocycles. The van der Waals surface area contributed by atoms with Crippen LogP contribution in [-0.4, -0.2) is 23.2 Å². The van der Waals surface area contributed by atoms with Gasteiger partial charge in [-0.2, -0.15) is 0 Å². The van der Waals surface area contributed by atoms with Crippen molar-refractivity contribution in [3.63, 3.8) is 0 Å². The van der Waals surface area contributed by atoms with Crippen LogP contribution in [0.3, 0.4) is 0 Å². The van der Waals surface area contributed by atoms with Crippen molar-refractivity contribution in [2.75, 3.05) is 0 Å². The highest BCUT2D eigenvalue weighted by Crippen LogP contribution is 2.26. The molecule has 1 aliphatic rings. The van der Waals surface area contributed by atoms with E-state index in [1.165, 1.54) is 0 Å². The van der Waals surface area contributed by atoms with Crippen LogP contribution in [-0.2, 0) is 4.79 Å². The van der Waals surface area contributed by atoms with Crippen LogP contribution in [0.1, 0.15) is 20.8 Å². The van der Waals surface area contributed by atoms with Gasteiger partial charge < -0.3 is 10.4 Å². The summed E-state index contributed by atoms with van der Waals surface area (Å²) in [6.45, 7) is 5.96. The first kappa shape index (κ1) is 7.54. The number of hydrogen-bond acceptors (Lipinski definition) is 2. The van der Waals surface area contributed by atoms with E-state index in [0.717, 1.165) is 0 Å². The highest BCUT2D eigenvalue weighted by molar-refractivity contribution is 5.88. The number of rotatable bonds is 0. The van der Waals surface area contributed by atoms with Crippen molar-refractivity contribution >= 4 is 5.91 Å². The molecule has 1 heterocycles. The Balaban J connectivity index is 2.56. The molecule has 3 nitrogen and oxygen atoms in total. The van der Waals surface area contributed by atoms with E-state index < -0.39 is 6.10 Å². The van der Waals surface area contributed by atoms with Gasteiger partial charge in [0.15, 0.2) is 6.10 Å². The Labute approximate surface area is 60.4 Å². The van der Waals surface area contributed by atoms with Crippen LogP contribution < -0.4 is 5.32 Å². The van der Waals surface area contributed by atoms with Gasteiger partial charge in [0.1, 0.15) is 0 Å². The van der Waals surface area contributed by atoms with E-state index in [9.17, 15) is 4.79 Å². The molecular weight excluding hydrogens is 130 g/mol. The third-order valence-corrected chi connectivity index (χ3v) is 1.82. The smallest absolute Gasteiger partial charge is 0.251 e. The summed E-state index contributed by atoms with van der Waals surface area (Å²) in [5, 5.41) is 11.7. The quantitative estimate of drug-likeness (QED) is 0.465. The van der Waals surface area contributed by atoms with Crippen LogP contribution in [0.4, 0.5) is 0 Å². The van der Waals surface area contributed by atoms with E-state index in [-0.39, 0.29) is 17.4 Å². The fourth-order valence-electron chi connectivity index (χ4n) is 1.06. The predicted octanol–water partition coefficient (Wildman–Crippen LogP) is -0.108. The highest BCUT2D eigenvalue weighted by atomic mass is 16.3. The molecule has 10 heavy (non-hydrogen) atoms. The minimum atomic E-state index is -0.792. The molecule has 58 valence electrons. The average Bonchev–Trinajstić information content (AvgIpc) is 1.79. The number of carbonyl (C=O) groups excluding carboxylic acids is 1. The SMILES string of the molecule is CC(C)(C)[C@H]1NC(=O)[C@H]1O. The minimum Gasteiger partial charge on any atom is -0.381 e. The van der Waals surface area contributed by atoms with Crippen molar-refractivity contribution in [1.82, 2.24) is 5.32 Å². The Morgan fingerprint density at radius 3 is 2.10 bits per heavy atom. The Kier molecular flexibility index (Phi) is 1.47. The second-order valence-corrected chi connectivity index (χ2v) is 3.80. The van der Waals surface area contributed by atoms with Crippen LogP contribution in [0.25, 0.3) is 0 Å². The molecule has 0 aromatic rings. The maximum absolute atomic E-state index is 10.5. The van der Waals surface area contributed by atoms with Gasteiger partial charge in [-0.25, -0.2) is 0 Å². The zero-order chi connectivity index (χ0) is 7.94. The van der Waals surface area contributed by atoms with Gasteiger partial charge in [0.2, 0.25) is 0 Å². The Bertz CT molecular complexity index is 159. The topological polar surface area (TPSA) is 49.3 Å². The van der Waals surface area contributed by atoms with Gasteiger partial charge >= 0.3 is 0 Å². The van der Waals surface area contributed by atoms with Gasteiger partial charge in [0.05, 0.1) is 6.04 Å². The predicted molar refractivity (Wildman–Crippen MR) is 37.4 cm³/mol. The summed E-state index contributed by atoms with van der Waals surface area (Å²) in [5.74, 6) is -0.250. The molecule has 0 saturated carbocycles. The molecule has 0 aromatic heterocycles. The van der Waals surface area contributed by atoms with Gasteiger partial charge in [-0.1, -0.05) is 20.8 Å². The van der Waals surface area contributed by atoms with Gasteiger partial charge in [-0.05, 0) is 5.41 Å². The lowest BCUT2D eigenvalue weighted by atomic mass is 9.79. The standard InChI is InChI=1S/C7H13NO2/c1-7(2,3)5-4(9)6(10)8-5/h4-5,9H,1-3H3,(H,8,10)/t4-,5-/m0/s1. The number of aliphatic hydroxyl groups excluding tert-OH is 1. The van der Waals surface area contributed by atoms with Crippen molar-refractivity contribution in [3.05, 3.63) is 0 Å². The van der Waals surface area contributed by atoms with Crippen molar-refractivity contribution in [2.45, 2.75) is 32.9 Å². The molecular formula is C7H13NO2. The number of amides is 1. The van der Waals surface area contributed by atoms with E-state index in [1.807, 2.05) is 20.8 Å². The molecule has 0 radical (unpaired) electrons. The molecule has 0 aromatic carbocycles. The number of β-lactam (4-membered cyclic amide) rings is 1. The zero-order valence-electron chi connectivity index (χ0n) is 6.51. The molecule has 0 aliphatic carbocycles. The van der Waals surface area contributed by atoms with Crippen molar-refractivity contribution in [1.29, 1.82) is 0 Å². The largest absolute Gasteiger partial charge is 0.381 e. The molecule has 0 spiro atoms. The van der Waals surface area contributed by atoms with Crippen LogP contribution >= 0.6 is 0 Å². The lowest BCUT2D eigenvalue weighted by molar-refractivity contribution is -0.147. The third-order valence-electron chi connectivity index (χ3n) is 1.82. The van der Waals surface area contributed by atoms with Gasteiger partial charge in [-0.3, -0.25) is 4.79 Å². The molecule has 0 unspecified atom stereocenters. The summed E-state index contributed by atoms with van der Waals surface area (Å²) >= 11 is 0. The van der Waals surface area contributed by atoms with E-state index in [2.05, 4.69) is 5.32 Å². The monoisotopic (exact) mass is 143 g/mol. The maximum atomic E-state index is 10.5. The lowest BCUT2D eigenvalue weighted by Crippen LogP contribution is -2.67. The first-order chi connectivity index (χ1) is 4.43. The molecule has 2 N–H and O–H groups in total. The molecule has 1 amide bonds. The third kappa shape index (κ3) is 1.01. The molecule has 1 rings (SSSR count). The van der Waals surface area contributed by atoms with E-state index in [4.69, 9.17) is 5.11 Å². The van der Waals surface area contributed by atoms with E-state index >= 15 is 0 Å². The van der Waals surface area contributed by atoms with Gasteiger partial charge in [0, 0.05) is 0 Å². The summed E-state index contributed by atoms with van der Waals surface area (Å²) in [7, 11) is 0. The number of carbonyl (C=O) groups is 1. The van der Waals surface area contributed by atoms with Crippen molar-refractivity contribution < 1.29 is 9.90 Å². The van der Waals surface area contributed by atoms with Crippen LogP contribution in [0.15, 0.2) is 0 Å². The first-order valence-electron chi connectivity index (χ1n) is 3.41. The van der Waals surface area contributed by atoms with Crippen LogP contribution in [0, 0.1) is 5.41 Å². The maximum Gasteiger partial charge on any atom is 0.251 e. The summed E-state index contributed by atoms with van der Waals surface area (Å²) in [6, 6.07) is -0.0694. The summed E-state index contributed by atoms with van der Waals surface area (Å²) in [6.07, 6.45) is -0.792. The number of aliphatic hydroxyl groups is 1. The number of nitrogens with one attached hydrogen (secondary N) is 1. The number of hydrogen-bond donors (Lipinski definition) is 2. The normalized spacial score (nSPS) is 33.0. The zero-order valence-corrected chi connectivity index (χ0v) is 6.51. The molecule has 1 aliphatic heterocycles. The van der Waals surface area contributed by atoms with Crippen LogP contribution in [0.5, 0.6) is 0 Å². The Hall–Kier alpha value is -0.570. The Morgan fingerprint density at radius 2 is 2.00 bits per heavy atom. The second kappa shape index (κ2) is 1.95. The minimum absolute atomic E-state index is 0.0344. The van der Waals surface area contributed by atoms with E-state index in [0.29, 0.717) is 0 Å².